The predicted octanol–water partition coefficient (Wildman–Crippen LogP) is 1.88. The van der Waals surface area contributed by atoms with Crippen molar-refractivity contribution in [3.8, 4) is 0 Å². The Bertz CT molecular complexity index is 326. The first-order valence-electron chi connectivity index (χ1n) is 5.49. The van der Waals surface area contributed by atoms with Gasteiger partial charge in [0.15, 0.2) is 0 Å². The molecule has 0 saturated carbocycles. The molecule has 0 atom stereocenters. The summed E-state index contributed by atoms with van der Waals surface area (Å²) in [6, 6.07) is 0. The molecule has 5 heteroatoms. The van der Waals surface area contributed by atoms with Crippen molar-refractivity contribution in [1.82, 2.24) is 10.3 Å². The molecule has 0 spiro atoms. The maximum Gasteiger partial charge on any atom is 0.305 e. The molecule has 0 aromatic carbocycles. The summed E-state index contributed by atoms with van der Waals surface area (Å²) in [6.45, 7) is 5.86. The summed E-state index contributed by atoms with van der Waals surface area (Å²) in [6.07, 6.45) is 1.29. The highest BCUT2D eigenvalue weighted by Gasteiger charge is 2.01. The molecule has 0 saturated heterocycles. The molecule has 0 amide bonds. The van der Waals surface area contributed by atoms with E-state index in [4.69, 9.17) is 4.74 Å². The number of hydrogen-bond donors (Lipinski definition) is 1. The van der Waals surface area contributed by atoms with Crippen LogP contribution >= 0.6 is 11.3 Å². The summed E-state index contributed by atoms with van der Waals surface area (Å²) in [4.78, 5) is 15.4. The van der Waals surface area contributed by atoms with E-state index in [1.54, 1.807) is 11.3 Å². The molecule has 0 radical (unpaired) electrons. The van der Waals surface area contributed by atoms with Crippen LogP contribution in [0.4, 0.5) is 0 Å². The quantitative estimate of drug-likeness (QED) is 0.586. The minimum Gasteiger partial charge on any atom is -0.466 e. The van der Waals surface area contributed by atoms with Crippen molar-refractivity contribution < 1.29 is 9.53 Å². The van der Waals surface area contributed by atoms with E-state index < -0.39 is 0 Å². The number of nitrogens with zero attached hydrogens (tertiary/aromatic N) is 1. The van der Waals surface area contributed by atoms with Crippen LogP contribution in [-0.2, 0) is 16.1 Å². The van der Waals surface area contributed by atoms with Crippen molar-refractivity contribution >= 4 is 17.3 Å². The monoisotopic (exact) mass is 242 g/mol. The second kappa shape index (κ2) is 7.35. The molecule has 4 nitrogen and oxygen atoms in total. The highest BCUT2D eigenvalue weighted by Crippen LogP contribution is 2.07. The van der Waals surface area contributed by atoms with Gasteiger partial charge >= 0.3 is 5.97 Å². The van der Waals surface area contributed by atoms with Gasteiger partial charge in [0, 0.05) is 18.3 Å². The van der Waals surface area contributed by atoms with E-state index in [-0.39, 0.29) is 5.97 Å². The molecule has 0 bridgehead atoms. The van der Waals surface area contributed by atoms with E-state index in [0.29, 0.717) is 13.0 Å². The minimum absolute atomic E-state index is 0.117. The van der Waals surface area contributed by atoms with Crippen LogP contribution in [0.2, 0.25) is 0 Å². The molecule has 0 aliphatic rings. The third-order valence-electron chi connectivity index (χ3n) is 2.01. The van der Waals surface area contributed by atoms with E-state index in [9.17, 15) is 4.79 Å². The second-order valence-corrected chi connectivity index (χ2v) is 4.51. The summed E-state index contributed by atoms with van der Waals surface area (Å²) in [5.41, 5.74) is 1.07. The van der Waals surface area contributed by atoms with Gasteiger partial charge in [-0.2, -0.15) is 0 Å². The van der Waals surface area contributed by atoms with Crippen LogP contribution < -0.4 is 5.32 Å². The van der Waals surface area contributed by atoms with E-state index >= 15 is 0 Å². The highest BCUT2D eigenvalue weighted by molar-refractivity contribution is 7.09. The first-order valence-corrected chi connectivity index (χ1v) is 6.37. The summed E-state index contributed by atoms with van der Waals surface area (Å²) in [5, 5.41) is 6.38. The Morgan fingerprint density at radius 2 is 2.44 bits per heavy atom. The largest absolute Gasteiger partial charge is 0.466 e. The molecule has 1 heterocycles. The van der Waals surface area contributed by atoms with Crippen LogP contribution in [0.3, 0.4) is 0 Å². The number of rotatable bonds is 7. The van der Waals surface area contributed by atoms with Gasteiger partial charge in [-0.05, 0) is 26.8 Å². The maximum absolute atomic E-state index is 11.0. The van der Waals surface area contributed by atoms with Crippen LogP contribution in [0.25, 0.3) is 0 Å². The number of carbonyl (C=O) groups excluding carboxylic acids is 1. The zero-order valence-electron chi connectivity index (χ0n) is 9.78. The fraction of sp³-hybridized carbons (Fsp3) is 0.636. The lowest BCUT2D eigenvalue weighted by Crippen LogP contribution is -2.16. The molecule has 1 aromatic heterocycles. The third-order valence-corrected chi connectivity index (χ3v) is 2.83. The topological polar surface area (TPSA) is 51.2 Å². The fourth-order valence-corrected chi connectivity index (χ4v) is 1.91. The number of nitrogens with one attached hydrogen (secondary N) is 1. The zero-order valence-corrected chi connectivity index (χ0v) is 10.6. The van der Waals surface area contributed by atoms with Gasteiger partial charge in [-0.1, -0.05) is 0 Å². The number of aromatic nitrogens is 1. The van der Waals surface area contributed by atoms with Crippen LogP contribution in [-0.4, -0.2) is 24.1 Å². The number of thiazole rings is 1. The normalized spacial score (nSPS) is 10.4. The van der Waals surface area contributed by atoms with E-state index in [0.717, 1.165) is 30.2 Å². The molecule has 0 aliphatic carbocycles. The summed E-state index contributed by atoms with van der Waals surface area (Å²) in [5.74, 6) is -0.117. The number of esters is 1. The molecule has 16 heavy (non-hydrogen) atoms. The van der Waals surface area contributed by atoms with Gasteiger partial charge in [0.05, 0.1) is 17.3 Å². The van der Waals surface area contributed by atoms with Crippen molar-refractivity contribution in [2.45, 2.75) is 33.2 Å². The molecule has 90 valence electrons. The van der Waals surface area contributed by atoms with E-state index in [1.807, 2.05) is 19.2 Å². The van der Waals surface area contributed by atoms with Crippen molar-refractivity contribution in [1.29, 1.82) is 0 Å². The Kier molecular flexibility index (Phi) is 6.03. The van der Waals surface area contributed by atoms with Crippen LogP contribution in [0, 0.1) is 6.92 Å². The summed E-state index contributed by atoms with van der Waals surface area (Å²) in [7, 11) is 0. The molecular weight excluding hydrogens is 224 g/mol. The van der Waals surface area contributed by atoms with Gasteiger partial charge < -0.3 is 10.1 Å². The Morgan fingerprint density at radius 3 is 3.06 bits per heavy atom. The number of carbonyl (C=O) groups is 1. The lowest BCUT2D eigenvalue weighted by molar-refractivity contribution is -0.143. The van der Waals surface area contributed by atoms with Gasteiger partial charge in [-0.15, -0.1) is 11.3 Å². The van der Waals surface area contributed by atoms with Gasteiger partial charge in [0.25, 0.3) is 0 Å². The first-order chi connectivity index (χ1) is 7.72. The highest BCUT2D eigenvalue weighted by atomic mass is 32.1. The molecule has 1 aromatic rings. The number of hydrogen-bond acceptors (Lipinski definition) is 5. The average molecular weight is 242 g/mol. The predicted molar refractivity (Wildman–Crippen MR) is 64.4 cm³/mol. The Labute approximate surface area is 100 Å². The molecule has 0 unspecified atom stereocenters. The van der Waals surface area contributed by atoms with E-state index in [2.05, 4.69) is 10.3 Å². The summed E-state index contributed by atoms with van der Waals surface area (Å²) < 4.78 is 4.83. The molecular formula is C11H18N2O2S. The SMILES string of the molecule is CCOC(=O)CCCNCc1csc(C)n1. The van der Waals surface area contributed by atoms with Gasteiger partial charge in [-0.25, -0.2) is 4.98 Å². The molecule has 0 aliphatic heterocycles. The lowest BCUT2D eigenvalue weighted by atomic mass is 10.3. The van der Waals surface area contributed by atoms with Crippen LogP contribution in [0.1, 0.15) is 30.5 Å². The molecule has 1 N–H and O–H groups in total. The lowest BCUT2D eigenvalue weighted by Gasteiger charge is -2.03. The maximum atomic E-state index is 11.0. The first kappa shape index (κ1) is 13.1. The number of ether oxygens (including phenoxy) is 1. The summed E-state index contributed by atoms with van der Waals surface area (Å²) >= 11 is 1.65. The molecule has 1 rings (SSSR count). The smallest absolute Gasteiger partial charge is 0.305 e. The van der Waals surface area contributed by atoms with Crippen molar-refractivity contribution in [3.05, 3.63) is 16.1 Å². The Balaban J connectivity index is 2.02. The van der Waals surface area contributed by atoms with Crippen molar-refractivity contribution in [3.63, 3.8) is 0 Å². The van der Waals surface area contributed by atoms with Gasteiger partial charge in [-0.3, -0.25) is 4.79 Å². The van der Waals surface area contributed by atoms with Crippen LogP contribution in [0.5, 0.6) is 0 Å². The fourth-order valence-electron chi connectivity index (χ4n) is 1.30. The minimum atomic E-state index is -0.117. The van der Waals surface area contributed by atoms with E-state index in [1.165, 1.54) is 0 Å². The molecule has 0 fully saturated rings. The van der Waals surface area contributed by atoms with Gasteiger partial charge in [0.2, 0.25) is 0 Å². The zero-order chi connectivity index (χ0) is 11.8. The van der Waals surface area contributed by atoms with Gasteiger partial charge in [0.1, 0.15) is 0 Å². The number of aryl methyl sites for hydroxylation is 1. The third kappa shape index (κ3) is 5.23. The second-order valence-electron chi connectivity index (χ2n) is 3.44. The van der Waals surface area contributed by atoms with Crippen LogP contribution in [0.15, 0.2) is 5.38 Å². The Hall–Kier alpha value is -0.940. The average Bonchev–Trinajstić information content (AvgIpc) is 2.64. The standard InChI is InChI=1S/C11H18N2O2S/c1-3-15-11(14)5-4-6-12-7-10-8-16-9(2)13-10/h8,12H,3-7H2,1-2H3. The van der Waals surface area contributed by atoms with Crippen molar-refractivity contribution in [2.24, 2.45) is 0 Å². The van der Waals surface area contributed by atoms with Crippen molar-refractivity contribution in [2.75, 3.05) is 13.2 Å². The Morgan fingerprint density at radius 1 is 1.62 bits per heavy atom.